The Morgan fingerprint density at radius 2 is 1.48 bits per heavy atom. The molecule has 1 heterocycles. The van der Waals surface area contributed by atoms with Crippen molar-refractivity contribution in [1.82, 2.24) is 9.55 Å². The van der Waals surface area contributed by atoms with E-state index >= 15 is 0 Å². The largest absolute Gasteiger partial charge is 0.283 e. The van der Waals surface area contributed by atoms with Gasteiger partial charge in [-0.1, -0.05) is 102 Å². The van der Waals surface area contributed by atoms with Gasteiger partial charge in [-0.2, -0.15) is 0 Å². The summed E-state index contributed by atoms with van der Waals surface area (Å²) in [6.45, 7) is 2.58. The molecule has 0 aliphatic heterocycles. The summed E-state index contributed by atoms with van der Waals surface area (Å²) in [7, 11) is 0. The summed E-state index contributed by atoms with van der Waals surface area (Å²) in [6.07, 6.45) is 0. The van der Waals surface area contributed by atoms with Crippen LogP contribution in [-0.2, 0) is 12.3 Å². The molecule has 0 unspecified atom stereocenters. The molecule has 0 saturated carbocycles. The molecule has 0 atom stereocenters. The molecule has 0 aliphatic carbocycles. The Labute approximate surface area is 175 Å². The zero-order valence-electron chi connectivity index (χ0n) is 16.3. The molecule has 0 radical (unpaired) electrons. The zero-order chi connectivity index (χ0) is 20.1. The molecule has 4 heteroatoms. The molecule has 29 heavy (non-hydrogen) atoms. The minimum atomic E-state index is -0.0324. The standard InChI is InChI=1S/C25H22N2OS/c1-19-12-14-20(15-13-19)17-27-24(28)16-23(22-10-6-3-7-11-22)26-25(27)29-18-21-8-4-2-5-9-21/h2-16H,17-18H2,1H3. The first kappa shape index (κ1) is 19.2. The van der Waals surface area contributed by atoms with Gasteiger partial charge in [0.1, 0.15) is 0 Å². The van der Waals surface area contributed by atoms with Crippen molar-refractivity contribution in [3.05, 3.63) is 118 Å². The Hall–Kier alpha value is -3.11. The summed E-state index contributed by atoms with van der Waals surface area (Å²) in [5.74, 6) is 0.763. The maximum absolute atomic E-state index is 13.0. The average molecular weight is 399 g/mol. The predicted molar refractivity (Wildman–Crippen MR) is 120 cm³/mol. The number of rotatable bonds is 6. The minimum absolute atomic E-state index is 0.0324. The van der Waals surface area contributed by atoms with Crippen LogP contribution in [0.2, 0.25) is 0 Å². The minimum Gasteiger partial charge on any atom is -0.283 e. The number of hydrogen-bond donors (Lipinski definition) is 0. The van der Waals surface area contributed by atoms with Crippen molar-refractivity contribution in [2.24, 2.45) is 0 Å². The lowest BCUT2D eigenvalue weighted by Crippen LogP contribution is -2.23. The van der Waals surface area contributed by atoms with Gasteiger partial charge in [0.2, 0.25) is 0 Å². The number of hydrogen-bond acceptors (Lipinski definition) is 3. The van der Waals surface area contributed by atoms with E-state index in [4.69, 9.17) is 4.98 Å². The van der Waals surface area contributed by atoms with Crippen LogP contribution in [0.1, 0.15) is 16.7 Å². The van der Waals surface area contributed by atoms with Gasteiger partial charge in [0.15, 0.2) is 5.16 Å². The molecule has 0 bridgehead atoms. The van der Waals surface area contributed by atoms with Crippen LogP contribution in [-0.4, -0.2) is 9.55 Å². The number of aromatic nitrogens is 2. The highest BCUT2D eigenvalue weighted by atomic mass is 32.2. The Kier molecular flexibility index (Phi) is 5.92. The summed E-state index contributed by atoms with van der Waals surface area (Å²) in [5.41, 5.74) is 5.14. The Balaban J connectivity index is 1.71. The first-order valence-corrected chi connectivity index (χ1v) is 10.6. The van der Waals surface area contributed by atoms with Crippen LogP contribution < -0.4 is 5.56 Å². The molecular weight excluding hydrogens is 376 g/mol. The van der Waals surface area contributed by atoms with Crippen LogP contribution in [0.25, 0.3) is 11.3 Å². The lowest BCUT2D eigenvalue weighted by atomic mass is 10.1. The molecule has 0 saturated heterocycles. The van der Waals surface area contributed by atoms with Gasteiger partial charge in [-0.15, -0.1) is 0 Å². The molecule has 0 aliphatic rings. The number of thioether (sulfide) groups is 1. The van der Waals surface area contributed by atoms with E-state index in [1.807, 2.05) is 48.5 Å². The maximum Gasteiger partial charge on any atom is 0.255 e. The van der Waals surface area contributed by atoms with E-state index in [0.717, 1.165) is 22.0 Å². The SMILES string of the molecule is Cc1ccc(Cn2c(SCc3ccccc3)nc(-c3ccccc3)cc2=O)cc1. The van der Waals surface area contributed by atoms with E-state index in [0.29, 0.717) is 12.2 Å². The van der Waals surface area contributed by atoms with Gasteiger partial charge in [0.25, 0.3) is 5.56 Å². The molecule has 1 aromatic heterocycles. The highest BCUT2D eigenvalue weighted by Crippen LogP contribution is 2.24. The van der Waals surface area contributed by atoms with E-state index in [1.165, 1.54) is 11.1 Å². The fraction of sp³-hybridized carbons (Fsp3) is 0.120. The summed E-state index contributed by atoms with van der Waals surface area (Å²) in [5, 5.41) is 0.737. The van der Waals surface area contributed by atoms with E-state index in [1.54, 1.807) is 22.4 Å². The molecule has 4 rings (SSSR count). The third-order valence-corrected chi connectivity index (χ3v) is 5.76. The summed E-state index contributed by atoms with van der Waals surface area (Å²) >= 11 is 1.60. The summed E-state index contributed by atoms with van der Waals surface area (Å²) in [6, 6.07) is 30.0. The van der Waals surface area contributed by atoms with E-state index < -0.39 is 0 Å². The van der Waals surface area contributed by atoms with Crippen LogP contribution in [0.3, 0.4) is 0 Å². The Morgan fingerprint density at radius 1 is 0.828 bits per heavy atom. The van der Waals surface area contributed by atoms with Crippen LogP contribution in [0.4, 0.5) is 0 Å². The number of aryl methyl sites for hydroxylation is 1. The number of nitrogens with zero attached hydrogens (tertiary/aromatic N) is 2. The van der Waals surface area contributed by atoms with Crippen molar-refractivity contribution in [3.8, 4) is 11.3 Å². The van der Waals surface area contributed by atoms with Crippen molar-refractivity contribution < 1.29 is 0 Å². The average Bonchev–Trinajstić information content (AvgIpc) is 2.76. The molecule has 144 valence electrons. The van der Waals surface area contributed by atoms with E-state index in [-0.39, 0.29) is 5.56 Å². The van der Waals surface area contributed by atoms with Crippen LogP contribution in [0.15, 0.2) is 101 Å². The van der Waals surface area contributed by atoms with Crippen LogP contribution in [0.5, 0.6) is 0 Å². The van der Waals surface area contributed by atoms with Crippen molar-refractivity contribution in [2.75, 3.05) is 0 Å². The molecule has 0 amide bonds. The third kappa shape index (κ3) is 4.84. The first-order chi connectivity index (χ1) is 14.2. The van der Waals surface area contributed by atoms with Gasteiger partial charge in [-0.25, -0.2) is 4.98 Å². The number of benzene rings is 3. The fourth-order valence-electron chi connectivity index (χ4n) is 3.10. The second-order valence-corrected chi connectivity index (χ2v) is 7.92. The molecule has 3 nitrogen and oxygen atoms in total. The maximum atomic E-state index is 13.0. The molecule has 3 aromatic carbocycles. The van der Waals surface area contributed by atoms with Crippen molar-refractivity contribution in [1.29, 1.82) is 0 Å². The van der Waals surface area contributed by atoms with E-state index in [9.17, 15) is 4.79 Å². The predicted octanol–water partition coefficient (Wildman–Crippen LogP) is 5.56. The van der Waals surface area contributed by atoms with Crippen molar-refractivity contribution in [3.63, 3.8) is 0 Å². The van der Waals surface area contributed by atoms with Gasteiger partial charge in [-0.3, -0.25) is 9.36 Å². The molecule has 0 spiro atoms. The summed E-state index contributed by atoms with van der Waals surface area (Å²) in [4.78, 5) is 17.9. The van der Waals surface area contributed by atoms with Gasteiger partial charge < -0.3 is 0 Å². The molecule has 0 N–H and O–H groups in total. The summed E-state index contributed by atoms with van der Waals surface area (Å²) < 4.78 is 1.77. The first-order valence-electron chi connectivity index (χ1n) is 9.58. The molecule has 0 fully saturated rings. The van der Waals surface area contributed by atoms with E-state index in [2.05, 4.69) is 43.3 Å². The fourth-order valence-corrected chi connectivity index (χ4v) is 4.06. The highest BCUT2D eigenvalue weighted by Gasteiger charge is 2.12. The van der Waals surface area contributed by atoms with Crippen LogP contribution in [0, 0.1) is 6.92 Å². The Morgan fingerprint density at radius 3 is 2.17 bits per heavy atom. The van der Waals surface area contributed by atoms with Gasteiger partial charge in [-0.05, 0) is 18.1 Å². The van der Waals surface area contributed by atoms with Gasteiger partial charge in [0, 0.05) is 17.4 Å². The monoisotopic (exact) mass is 398 g/mol. The second-order valence-electron chi connectivity index (χ2n) is 6.97. The smallest absolute Gasteiger partial charge is 0.255 e. The topological polar surface area (TPSA) is 34.9 Å². The van der Waals surface area contributed by atoms with Crippen molar-refractivity contribution in [2.45, 2.75) is 24.4 Å². The molecular formula is C25H22N2OS. The normalized spacial score (nSPS) is 10.8. The zero-order valence-corrected chi connectivity index (χ0v) is 17.1. The van der Waals surface area contributed by atoms with Gasteiger partial charge >= 0.3 is 0 Å². The quantitative estimate of drug-likeness (QED) is 0.315. The lowest BCUT2D eigenvalue weighted by molar-refractivity contribution is 0.647. The molecule has 4 aromatic rings. The third-order valence-electron chi connectivity index (χ3n) is 4.71. The Bertz CT molecular complexity index is 1140. The van der Waals surface area contributed by atoms with Gasteiger partial charge in [0.05, 0.1) is 12.2 Å². The van der Waals surface area contributed by atoms with Crippen molar-refractivity contribution >= 4 is 11.8 Å². The van der Waals surface area contributed by atoms with Crippen LogP contribution >= 0.6 is 11.8 Å². The highest BCUT2D eigenvalue weighted by molar-refractivity contribution is 7.98. The second kappa shape index (κ2) is 8.93. The lowest BCUT2D eigenvalue weighted by Gasteiger charge is -2.14.